The SMILES string of the molecule is CCC(C)(C)C(C)OC(=O)Nc1nc2ccccc2[nH]1. The number of hydrogen-bond donors (Lipinski definition) is 2. The van der Waals surface area contributed by atoms with Crippen molar-refractivity contribution < 1.29 is 9.53 Å². The Balaban J connectivity index is 2.01. The van der Waals surface area contributed by atoms with Gasteiger partial charge < -0.3 is 9.72 Å². The highest BCUT2D eigenvalue weighted by atomic mass is 16.6. The van der Waals surface area contributed by atoms with Gasteiger partial charge in [0.05, 0.1) is 11.0 Å². The maximum absolute atomic E-state index is 11.9. The molecule has 0 aliphatic heterocycles. The first-order valence-electron chi connectivity index (χ1n) is 6.85. The van der Waals surface area contributed by atoms with Gasteiger partial charge in [-0.15, -0.1) is 0 Å². The number of carbonyl (C=O) groups is 1. The highest BCUT2D eigenvalue weighted by molar-refractivity contribution is 5.86. The molecule has 0 saturated heterocycles. The number of para-hydroxylation sites is 2. The number of anilines is 1. The first-order valence-corrected chi connectivity index (χ1v) is 6.85. The molecule has 2 aromatic rings. The van der Waals surface area contributed by atoms with Gasteiger partial charge in [-0.2, -0.15) is 0 Å². The molecule has 2 rings (SSSR count). The number of fused-ring (bicyclic) bond motifs is 1. The van der Waals surface area contributed by atoms with Crippen LogP contribution in [0.5, 0.6) is 0 Å². The van der Waals surface area contributed by atoms with Crippen molar-refractivity contribution in [2.75, 3.05) is 5.32 Å². The van der Waals surface area contributed by atoms with Gasteiger partial charge in [0.1, 0.15) is 6.10 Å². The average Bonchev–Trinajstić information content (AvgIpc) is 2.80. The van der Waals surface area contributed by atoms with Crippen molar-refractivity contribution >= 4 is 23.1 Å². The van der Waals surface area contributed by atoms with Gasteiger partial charge in [-0.05, 0) is 25.5 Å². The maximum Gasteiger partial charge on any atom is 0.414 e. The van der Waals surface area contributed by atoms with Gasteiger partial charge >= 0.3 is 6.09 Å². The molecule has 1 atom stereocenters. The number of benzene rings is 1. The topological polar surface area (TPSA) is 67.0 Å². The van der Waals surface area contributed by atoms with E-state index in [0.717, 1.165) is 17.5 Å². The highest BCUT2D eigenvalue weighted by Crippen LogP contribution is 2.27. The third-order valence-corrected chi connectivity index (χ3v) is 3.91. The van der Waals surface area contributed by atoms with E-state index in [-0.39, 0.29) is 11.5 Å². The van der Waals surface area contributed by atoms with E-state index in [2.05, 4.69) is 36.1 Å². The van der Waals surface area contributed by atoms with Gasteiger partial charge in [0.25, 0.3) is 0 Å². The average molecular weight is 275 g/mol. The van der Waals surface area contributed by atoms with Crippen LogP contribution in [0.1, 0.15) is 34.1 Å². The van der Waals surface area contributed by atoms with Crippen LogP contribution < -0.4 is 5.32 Å². The fraction of sp³-hybridized carbons (Fsp3) is 0.467. The lowest BCUT2D eigenvalue weighted by Gasteiger charge is -2.29. The van der Waals surface area contributed by atoms with Gasteiger partial charge in [-0.1, -0.05) is 32.9 Å². The molecule has 5 heteroatoms. The Labute approximate surface area is 118 Å². The molecular weight excluding hydrogens is 254 g/mol. The number of aromatic nitrogens is 2. The smallest absolute Gasteiger partial charge is 0.414 e. The molecular formula is C15H21N3O2. The quantitative estimate of drug-likeness (QED) is 0.888. The number of nitrogens with zero attached hydrogens (tertiary/aromatic N) is 1. The van der Waals surface area contributed by atoms with Gasteiger partial charge in [0.2, 0.25) is 5.95 Å². The molecule has 1 heterocycles. The number of ether oxygens (including phenoxy) is 1. The molecule has 20 heavy (non-hydrogen) atoms. The van der Waals surface area contributed by atoms with Gasteiger partial charge in [-0.3, -0.25) is 5.32 Å². The van der Waals surface area contributed by atoms with Crippen molar-refractivity contribution in [2.24, 2.45) is 5.41 Å². The number of H-pyrrole nitrogens is 1. The van der Waals surface area contributed by atoms with Gasteiger partial charge in [-0.25, -0.2) is 9.78 Å². The maximum atomic E-state index is 11.9. The normalized spacial score (nSPS) is 13.2. The van der Waals surface area contributed by atoms with E-state index >= 15 is 0 Å². The fourth-order valence-electron chi connectivity index (χ4n) is 1.75. The molecule has 0 aliphatic carbocycles. The number of aromatic amines is 1. The second kappa shape index (κ2) is 5.53. The fourth-order valence-corrected chi connectivity index (χ4v) is 1.75. The van der Waals surface area contributed by atoms with Crippen LogP contribution in [0.4, 0.5) is 10.7 Å². The van der Waals surface area contributed by atoms with Crippen molar-refractivity contribution in [3.8, 4) is 0 Å². The van der Waals surface area contributed by atoms with Crippen molar-refractivity contribution in [1.29, 1.82) is 0 Å². The Bertz CT molecular complexity index is 571. The van der Waals surface area contributed by atoms with Crippen LogP contribution >= 0.6 is 0 Å². The lowest BCUT2D eigenvalue weighted by Crippen LogP contribution is -2.32. The Morgan fingerprint density at radius 2 is 2.15 bits per heavy atom. The molecule has 0 radical (unpaired) electrons. The second-order valence-corrected chi connectivity index (χ2v) is 5.62. The van der Waals surface area contributed by atoms with Crippen LogP contribution in [-0.4, -0.2) is 22.2 Å². The standard InChI is InChI=1S/C15H21N3O2/c1-5-15(3,4)10(2)20-14(19)18-13-16-11-8-6-7-9-12(11)17-13/h6-10H,5H2,1-4H3,(H2,16,17,18,19). The molecule has 1 amide bonds. The van der Waals surface area contributed by atoms with Crippen molar-refractivity contribution in [1.82, 2.24) is 9.97 Å². The first kappa shape index (κ1) is 14.4. The van der Waals surface area contributed by atoms with E-state index in [1.54, 1.807) is 0 Å². The molecule has 1 unspecified atom stereocenters. The molecule has 1 aromatic heterocycles. The Morgan fingerprint density at radius 3 is 2.80 bits per heavy atom. The predicted octanol–water partition coefficient (Wildman–Crippen LogP) is 3.94. The van der Waals surface area contributed by atoms with Crippen molar-refractivity contribution in [3.05, 3.63) is 24.3 Å². The van der Waals surface area contributed by atoms with Gasteiger partial charge in [0.15, 0.2) is 0 Å². The molecule has 0 aliphatic rings. The minimum Gasteiger partial charge on any atom is -0.446 e. The zero-order valence-electron chi connectivity index (χ0n) is 12.4. The van der Waals surface area contributed by atoms with E-state index in [1.165, 1.54) is 0 Å². The minimum atomic E-state index is -0.488. The van der Waals surface area contributed by atoms with E-state index in [4.69, 9.17) is 4.74 Å². The Kier molecular flexibility index (Phi) is 3.97. The summed E-state index contributed by atoms with van der Waals surface area (Å²) in [5, 5.41) is 2.63. The summed E-state index contributed by atoms with van der Waals surface area (Å²) in [5.74, 6) is 0.401. The molecule has 108 valence electrons. The zero-order chi connectivity index (χ0) is 14.8. The summed E-state index contributed by atoms with van der Waals surface area (Å²) in [6.45, 7) is 8.14. The third kappa shape index (κ3) is 3.10. The molecule has 0 bridgehead atoms. The van der Waals surface area contributed by atoms with E-state index in [9.17, 15) is 4.79 Å². The monoisotopic (exact) mass is 275 g/mol. The van der Waals surface area contributed by atoms with E-state index in [1.807, 2.05) is 31.2 Å². The summed E-state index contributed by atoms with van der Waals surface area (Å²) in [7, 11) is 0. The van der Waals surface area contributed by atoms with Crippen LogP contribution in [0.3, 0.4) is 0 Å². The lowest BCUT2D eigenvalue weighted by molar-refractivity contribution is 0.0409. The Morgan fingerprint density at radius 1 is 1.45 bits per heavy atom. The molecule has 0 saturated carbocycles. The summed E-state index contributed by atoms with van der Waals surface area (Å²) >= 11 is 0. The molecule has 2 N–H and O–H groups in total. The van der Waals surface area contributed by atoms with Crippen LogP contribution in [0.15, 0.2) is 24.3 Å². The molecule has 1 aromatic carbocycles. The van der Waals surface area contributed by atoms with E-state index in [0.29, 0.717) is 5.95 Å². The summed E-state index contributed by atoms with van der Waals surface area (Å²) < 4.78 is 5.40. The zero-order valence-corrected chi connectivity index (χ0v) is 12.4. The van der Waals surface area contributed by atoms with Crippen molar-refractivity contribution in [2.45, 2.75) is 40.2 Å². The van der Waals surface area contributed by atoms with E-state index < -0.39 is 6.09 Å². The predicted molar refractivity (Wildman–Crippen MR) is 79.7 cm³/mol. The van der Waals surface area contributed by atoms with Crippen LogP contribution in [0.2, 0.25) is 0 Å². The van der Waals surface area contributed by atoms with Crippen LogP contribution in [-0.2, 0) is 4.74 Å². The molecule has 5 nitrogen and oxygen atoms in total. The van der Waals surface area contributed by atoms with Crippen LogP contribution in [0, 0.1) is 5.41 Å². The summed E-state index contributed by atoms with van der Waals surface area (Å²) in [6.07, 6.45) is 0.279. The Hall–Kier alpha value is -2.04. The summed E-state index contributed by atoms with van der Waals surface area (Å²) in [4.78, 5) is 19.2. The third-order valence-electron chi connectivity index (χ3n) is 3.91. The van der Waals surface area contributed by atoms with Crippen LogP contribution in [0.25, 0.3) is 11.0 Å². The van der Waals surface area contributed by atoms with Crippen molar-refractivity contribution in [3.63, 3.8) is 0 Å². The number of carbonyl (C=O) groups excluding carboxylic acids is 1. The number of nitrogens with one attached hydrogen (secondary N) is 2. The number of rotatable bonds is 4. The lowest BCUT2D eigenvalue weighted by atomic mass is 9.85. The first-order chi connectivity index (χ1) is 9.42. The number of imidazole rings is 1. The molecule has 0 fully saturated rings. The summed E-state index contributed by atoms with van der Waals surface area (Å²) in [5.41, 5.74) is 1.64. The summed E-state index contributed by atoms with van der Waals surface area (Å²) in [6, 6.07) is 7.60. The largest absolute Gasteiger partial charge is 0.446 e. The minimum absolute atomic E-state index is 0.0504. The number of amides is 1. The number of hydrogen-bond acceptors (Lipinski definition) is 3. The second-order valence-electron chi connectivity index (χ2n) is 5.62. The highest BCUT2D eigenvalue weighted by Gasteiger charge is 2.27. The van der Waals surface area contributed by atoms with Gasteiger partial charge in [0, 0.05) is 5.41 Å². The molecule has 0 spiro atoms.